The topological polar surface area (TPSA) is 79.6 Å². The lowest BCUT2D eigenvalue weighted by molar-refractivity contribution is -0.140. The average Bonchev–Trinajstić information content (AvgIpc) is 2.80. The monoisotopic (exact) mass is 498 g/mol. The van der Waals surface area contributed by atoms with E-state index in [-0.39, 0.29) is 18.7 Å². The summed E-state index contributed by atoms with van der Waals surface area (Å²) in [7, 11) is 0. The first-order valence-corrected chi connectivity index (χ1v) is 11.6. The van der Waals surface area contributed by atoms with Crippen molar-refractivity contribution in [3.05, 3.63) is 74.3 Å². The fourth-order valence-corrected chi connectivity index (χ4v) is 3.98. The highest BCUT2D eigenvalue weighted by Crippen LogP contribution is 2.33. The van der Waals surface area contributed by atoms with E-state index < -0.39 is 11.8 Å². The summed E-state index contributed by atoms with van der Waals surface area (Å²) >= 11 is 12.2. The Kier molecular flexibility index (Phi) is 8.38. The molecule has 8 heteroatoms. The van der Waals surface area contributed by atoms with Crippen LogP contribution >= 0.6 is 23.2 Å². The maximum Gasteiger partial charge on any atom is 0.271 e. The molecule has 0 N–H and O–H groups in total. The Bertz CT molecular complexity index is 1230. The van der Waals surface area contributed by atoms with Gasteiger partial charge >= 0.3 is 0 Å². The highest BCUT2D eigenvalue weighted by Gasteiger charge is 2.34. The minimum Gasteiger partial charge on any atom is -0.490 e. The Hall–Kier alpha value is -3.27. The molecule has 0 atom stereocenters. The van der Waals surface area contributed by atoms with Crippen molar-refractivity contribution in [2.45, 2.75) is 33.8 Å². The Morgan fingerprint density at radius 1 is 1.03 bits per heavy atom. The van der Waals surface area contributed by atoms with Crippen LogP contribution in [0.15, 0.2) is 53.1 Å². The smallest absolute Gasteiger partial charge is 0.271 e. The molecule has 3 rings (SSSR count). The third-order valence-electron chi connectivity index (χ3n) is 5.25. The second kappa shape index (κ2) is 11.2. The second-order valence-electron chi connectivity index (χ2n) is 7.60. The number of carbonyl (C=O) groups excluding carboxylic acids is 2. The van der Waals surface area contributed by atoms with Gasteiger partial charge in [-0.25, -0.2) is 0 Å². The molecule has 0 saturated carbocycles. The fourth-order valence-electron chi connectivity index (χ4n) is 3.52. The number of carbonyl (C=O) groups is 2. The van der Waals surface area contributed by atoms with Gasteiger partial charge in [-0.2, -0.15) is 5.26 Å². The molecule has 2 amide bonds. The van der Waals surface area contributed by atoms with E-state index in [4.69, 9.17) is 32.7 Å². The van der Waals surface area contributed by atoms with Gasteiger partial charge in [-0.15, -0.1) is 0 Å². The zero-order chi connectivity index (χ0) is 24.8. The third kappa shape index (κ3) is 5.44. The number of hydrogen-bond donors (Lipinski definition) is 0. The molecular weight excluding hydrogens is 475 g/mol. The highest BCUT2D eigenvalue weighted by atomic mass is 35.5. The first-order chi connectivity index (χ1) is 16.3. The molecule has 176 valence electrons. The Labute approximate surface area is 209 Å². The van der Waals surface area contributed by atoms with Crippen LogP contribution in [0.25, 0.3) is 6.08 Å². The lowest BCUT2D eigenvalue weighted by Crippen LogP contribution is -2.43. The van der Waals surface area contributed by atoms with Crippen molar-refractivity contribution in [3.8, 4) is 17.6 Å². The van der Waals surface area contributed by atoms with Crippen LogP contribution in [0.2, 0.25) is 10.0 Å². The van der Waals surface area contributed by atoms with Crippen LogP contribution in [0.3, 0.4) is 0 Å². The summed E-state index contributed by atoms with van der Waals surface area (Å²) in [4.78, 5) is 26.7. The normalized spacial score (nSPS) is 15.1. The summed E-state index contributed by atoms with van der Waals surface area (Å²) in [5.41, 5.74) is 2.09. The molecule has 1 heterocycles. The SMILES string of the molecule is CCCN1C(=O)C(C#N)=C(C)/C(=C\c2ccc(OCc3ccc(Cl)cc3Cl)c(OCC)c2)C1=O. The Balaban J connectivity index is 1.94. The molecule has 0 bridgehead atoms. The van der Waals surface area contributed by atoms with Crippen LogP contribution < -0.4 is 9.47 Å². The zero-order valence-electron chi connectivity index (χ0n) is 19.2. The number of imide groups is 1. The quantitative estimate of drug-likeness (QED) is 0.330. The lowest BCUT2D eigenvalue weighted by atomic mass is 9.93. The first-order valence-electron chi connectivity index (χ1n) is 10.8. The van der Waals surface area contributed by atoms with Gasteiger partial charge in [-0.3, -0.25) is 14.5 Å². The number of rotatable bonds is 8. The number of hydrogen-bond acceptors (Lipinski definition) is 5. The second-order valence-corrected chi connectivity index (χ2v) is 8.44. The lowest BCUT2D eigenvalue weighted by Gasteiger charge is -2.27. The molecule has 0 unspecified atom stereocenters. The Morgan fingerprint density at radius 2 is 1.79 bits per heavy atom. The van der Waals surface area contributed by atoms with E-state index in [1.807, 2.05) is 19.9 Å². The maximum atomic E-state index is 13.0. The summed E-state index contributed by atoms with van der Waals surface area (Å²) in [6.45, 7) is 6.21. The highest BCUT2D eigenvalue weighted by molar-refractivity contribution is 6.35. The first kappa shape index (κ1) is 25.4. The molecular formula is C26H24Cl2N2O4. The number of nitrogens with zero attached hydrogens (tertiary/aromatic N) is 2. The fraction of sp³-hybridized carbons (Fsp3) is 0.269. The van der Waals surface area contributed by atoms with Crippen LogP contribution in [0.4, 0.5) is 0 Å². The Morgan fingerprint density at radius 3 is 2.44 bits per heavy atom. The molecule has 0 fully saturated rings. The van der Waals surface area contributed by atoms with Gasteiger partial charge in [0.05, 0.1) is 6.61 Å². The summed E-state index contributed by atoms with van der Waals surface area (Å²) in [6, 6.07) is 12.4. The van der Waals surface area contributed by atoms with Gasteiger partial charge in [-0.05, 0) is 61.7 Å². The number of halogens is 2. The summed E-state index contributed by atoms with van der Waals surface area (Å²) in [5, 5.41) is 10.5. The number of amides is 2. The standard InChI is InChI=1S/C26H24Cl2N2O4/c1-4-10-30-25(31)20(16(3)21(14-29)26(30)32)11-17-6-9-23(24(12-17)33-5-2)34-15-18-7-8-19(27)13-22(18)28/h6-9,11-13H,4-5,10,15H2,1-3H3/b20-11+. The molecule has 0 radical (unpaired) electrons. The van der Waals surface area contributed by atoms with Crippen molar-refractivity contribution < 1.29 is 19.1 Å². The molecule has 2 aromatic carbocycles. The van der Waals surface area contributed by atoms with Gasteiger partial charge in [0.15, 0.2) is 11.5 Å². The van der Waals surface area contributed by atoms with Crippen LogP contribution in [0, 0.1) is 11.3 Å². The van der Waals surface area contributed by atoms with Crippen LogP contribution in [-0.2, 0) is 16.2 Å². The van der Waals surface area contributed by atoms with Crippen molar-refractivity contribution in [2.75, 3.05) is 13.2 Å². The van der Waals surface area contributed by atoms with Gasteiger partial charge in [0.25, 0.3) is 11.8 Å². The van der Waals surface area contributed by atoms with E-state index in [0.717, 1.165) is 10.5 Å². The molecule has 1 aliphatic heterocycles. The van der Waals surface area contributed by atoms with Crippen molar-refractivity contribution in [1.82, 2.24) is 4.90 Å². The zero-order valence-corrected chi connectivity index (χ0v) is 20.7. The molecule has 1 aliphatic rings. The van der Waals surface area contributed by atoms with Gasteiger partial charge < -0.3 is 9.47 Å². The van der Waals surface area contributed by atoms with Crippen molar-refractivity contribution in [2.24, 2.45) is 0 Å². The third-order valence-corrected chi connectivity index (χ3v) is 5.84. The van der Waals surface area contributed by atoms with E-state index >= 15 is 0 Å². The van der Waals surface area contributed by atoms with Crippen molar-refractivity contribution >= 4 is 41.1 Å². The summed E-state index contributed by atoms with van der Waals surface area (Å²) in [5.74, 6) is 0.0363. The van der Waals surface area contributed by atoms with Gasteiger partial charge in [-0.1, -0.05) is 42.3 Å². The van der Waals surface area contributed by atoms with E-state index in [1.165, 1.54) is 0 Å². The predicted octanol–water partition coefficient (Wildman–Crippen LogP) is 5.97. The number of benzene rings is 2. The van der Waals surface area contributed by atoms with E-state index in [1.54, 1.807) is 49.4 Å². The minimum atomic E-state index is -0.552. The largest absolute Gasteiger partial charge is 0.490 e. The van der Waals surface area contributed by atoms with E-state index in [0.29, 0.717) is 51.3 Å². The van der Waals surface area contributed by atoms with E-state index in [9.17, 15) is 14.9 Å². The molecule has 0 spiro atoms. The maximum absolute atomic E-state index is 13.0. The van der Waals surface area contributed by atoms with Crippen LogP contribution in [0.1, 0.15) is 38.3 Å². The summed E-state index contributed by atoms with van der Waals surface area (Å²) < 4.78 is 11.7. The van der Waals surface area contributed by atoms with Crippen LogP contribution in [0.5, 0.6) is 11.5 Å². The van der Waals surface area contributed by atoms with Crippen molar-refractivity contribution in [1.29, 1.82) is 5.26 Å². The van der Waals surface area contributed by atoms with Crippen molar-refractivity contribution in [3.63, 3.8) is 0 Å². The van der Waals surface area contributed by atoms with E-state index in [2.05, 4.69) is 0 Å². The van der Waals surface area contributed by atoms with Gasteiger partial charge in [0.2, 0.25) is 0 Å². The molecule has 2 aromatic rings. The summed E-state index contributed by atoms with van der Waals surface area (Å²) in [6.07, 6.45) is 2.26. The number of ether oxygens (including phenoxy) is 2. The predicted molar refractivity (Wildman–Crippen MR) is 132 cm³/mol. The molecule has 0 aliphatic carbocycles. The van der Waals surface area contributed by atoms with Crippen LogP contribution in [-0.4, -0.2) is 29.9 Å². The van der Waals surface area contributed by atoms with Gasteiger partial charge in [0, 0.05) is 27.7 Å². The molecule has 0 aromatic heterocycles. The number of nitriles is 1. The molecule has 0 saturated heterocycles. The minimum absolute atomic E-state index is 0.0240. The molecule has 34 heavy (non-hydrogen) atoms. The molecule has 6 nitrogen and oxygen atoms in total. The average molecular weight is 499 g/mol. The van der Waals surface area contributed by atoms with Gasteiger partial charge in [0.1, 0.15) is 18.2 Å².